The molecule has 1 heterocycles. The number of rotatable bonds is 4. The van der Waals surface area contributed by atoms with Gasteiger partial charge in [-0.2, -0.15) is 0 Å². The third kappa shape index (κ3) is 3.58. The molecule has 2 rings (SSSR count). The molecule has 1 aromatic rings. The molecule has 3 heteroatoms. The molecular weight excluding hydrogens is 228 g/mol. The van der Waals surface area contributed by atoms with E-state index in [0.29, 0.717) is 13.2 Å². The van der Waals surface area contributed by atoms with Gasteiger partial charge < -0.3 is 14.6 Å². The first-order chi connectivity index (χ1) is 8.60. The number of hydrogen-bond acceptors (Lipinski definition) is 3. The molecule has 18 heavy (non-hydrogen) atoms. The maximum atomic E-state index is 9.09. The quantitative estimate of drug-likeness (QED) is 0.650. The smallest absolute Gasteiger partial charge is 0.154 e. The Morgan fingerprint density at radius 3 is 2.83 bits per heavy atom. The van der Waals surface area contributed by atoms with E-state index in [1.165, 1.54) is 0 Å². The van der Waals surface area contributed by atoms with Gasteiger partial charge in [0.2, 0.25) is 0 Å². The monoisotopic (exact) mass is 246 g/mol. The predicted molar refractivity (Wildman–Crippen MR) is 68.8 cm³/mol. The number of benzene rings is 1. The first-order valence-electron chi connectivity index (χ1n) is 6.10. The van der Waals surface area contributed by atoms with E-state index in [1.54, 1.807) is 6.92 Å². The average molecular weight is 246 g/mol. The van der Waals surface area contributed by atoms with Gasteiger partial charge in [0.25, 0.3) is 0 Å². The molecule has 0 aromatic heterocycles. The Bertz CT molecular complexity index is 444. The van der Waals surface area contributed by atoms with Crippen LogP contribution in [0, 0.1) is 11.8 Å². The van der Waals surface area contributed by atoms with E-state index in [1.807, 2.05) is 37.3 Å². The SMILES string of the molecule is C[C@H](O)C#C[C@]1(C)O[C@@H]1COCc1ccccc1. The number of aliphatic hydroxyl groups excluding tert-OH is 1. The van der Waals surface area contributed by atoms with Crippen molar-refractivity contribution in [1.82, 2.24) is 0 Å². The summed E-state index contributed by atoms with van der Waals surface area (Å²) in [6.07, 6.45) is -0.607. The maximum Gasteiger partial charge on any atom is 0.154 e. The van der Waals surface area contributed by atoms with Crippen molar-refractivity contribution in [2.75, 3.05) is 6.61 Å². The van der Waals surface area contributed by atoms with Crippen LogP contribution in [0.4, 0.5) is 0 Å². The highest BCUT2D eigenvalue weighted by atomic mass is 16.6. The van der Waals surface area contributed by atoms with E-state index < -0.39 is 11.7 Å². The molecule has 96 valence electrons. The van der Waals surface area contributed by atoms with Gasteiger partial charge in [-0.25, -0.2) is 0 Å². The maximum absolute atomic E-state index is 9.09. The number of ether oxygens (including phenoxy) is 2. The zero-order chi connectivity index (χ0) is 13.0. The van der Waals surface area contributed by atoms with Gasteiger partial charge in [-0.15, -0.1) is 0 Å². The van der Waals surface area contributed by atoms with Crippen molar-refractivity contribution >= 4 is 0 Å². The molecule has 0 amide bonds. The summed E-state index contributed by atoms with van der Waals surface area (Å²) >= 11 is 0. The zero-order valence-corrected chi connectivity index (χ0v) is 10.7. The first kappa shape index (κ1) is 13.1. The van der Waals surface area contributed by atoms with Crippen molar-refractivity contribution in [3.63, 3.8) is 0 Å². The van der Waals surface area contributed by atoms with Gasteiger partial charge in [0.15, 0.2) is 5.60 Å². The molecular formula is C15H18O3. The molecule has 1 fully saturated rings. The van der Waals surface area contributed by atoms with Crippen molar-refractivity contribution < 1.29 is 14.6 Å². The van der Waals surface area contributed by atoms with Gasteiger partial charge in [-0.1, -0.05) is 42.2 Å². The molecule has 0 radical (unpaired) electrons. The Labute approximate surface area is 108 Å². The number of hydrogen-bond donors (Lipinski definition) is 1. The van der Waals surface area contributed by atoms with Crippen LogP contribution in [0.2, 0.25) is 0 Å². The fourth-order valence-corrected chi connectivity index (χ4v) is 1.67. The van der Waals surface area contributed by atoms with Crippen molar-refractivity contribution in [3.05, 3.63) is 35.9 Å². The molecule has 3 nitrogen and oxygen atoms in total. The highest BCUT2D eigenvalue weighted by Crippen LogP contribution is 2.35. The molecule has 0 saturated carbocycles. The molecule has 0 bridgehead atoms. The highest BCUT2D eigenvalue weighted by Gasteiger charge is 2.51. The van der Waals surface area contributed by atoms with Crippen molar-refractivity contribution in [2.45, 2.75) is 38.3 Å². The molecule has 3 atom stereocenters. The van der Waals surface area contributed by atoms with Crippen LogP contribution in [0.1, 0.15) is 19.4 Å². The number of aliphatic hydroxyl groups is 1. The summed E-state index contributed by atoms with van der Waals surface area (Å²) in [5, 5.41) is 9.09. The second kappa shape index (κ2) is 5.53. The minimum atomic E-state index is -0.614. The normalized spacial score (nSPS) is 27.2. The van der Waals surface area contributed by atoms with Crippen molar-refractivity contribution in [2.24, 2.45) is 0 Å². The van der Waals surface area contributed by atoms with E-state index in [2.05, 4.69) is 11.8 Å². The van der Waals surface area contributed by atoms with Crippen molar-refractivity contribution in [3.8, 4) is 11.8 Å². The molecule has 0 spiro atoms. The second-order valence-corrected chi connectivity index (χ2v) is 4.66. The van der Waals surface area contributed by atoms with E-state index >= 15 is 0 Å². The van der Waals surface area contributed by atoms with Crippen molar-refractivity contribution in [1.29, 1.82) is 0 Å². The van der Waals surface area contributed by atoms with E-state index in [9.17, 15) is 0 Å². The lowest BCUT2D eigenvalue weighted by atomic mass is 10.1. The van der Waals surface area contributed by atoms with E-state index in [4.69, 9.17) is 14.6 Å². The zero-order valence-electron chi connectivity index (χ0n) is 10.7. The lowest BCUT2D eigenvalue weighted by Gasteiger charge is -2.02. The van der Waals surface area contributed by atoms with Gasteiger partial charge in [-0.05, 0) is 19.4 Å². The van der Waals surface area contributed by atoms with Crippen LogP contribution >= 0.6 is 0 Å². The summed E-state index contributed by atoms with van der Waals surface area (Å²) in [4.78, 5) is 0. The Balaban J connectivity index is 1.73. The van der Waals surface area contributed by atoms with Crippen LogP contribution in [0.25, 0.3) is 0 Å². The summed E-state index contributed by atoms with van der Waals surface area (Å²) in [6, 6.07) is 10.0. The minimum absolute atomic E-state index is 0.00691. The third-order valence-corrected chi connectivity index (χ3v) is 2.85. The lowest BCUT2D eigenvalue weighted by Crippen LogP contribution is -2.13. The van der Waals surface area contributed by atoms with Crippen LogP contribution in [0.3, 0.4) is 0 Å². The highest BCUT2D eigenvalue weighted by molar-refractivity contribution is 5.25. The summed E-state index contributed by atoms with van der Waals surface area (Å²) in [7, 11) is 0. The third-order valence-electron chi connectivity index (χ3n) is 2.85. The van der Waals surface area contributed by atoms with Gasteiger partial charge >= 0.3 is 0 Å². The van der Waals surface area contributed by atoms with Gasteiger partial charge in [0, 0.05) is 0 Å². The number of epoxide rings is 1. The van der Waals surface area contributed by atoms with Gasteiger partial charge in [-0.3, -0.25) is 0 Å². The molecule has 1 N–H and O–H groups in total. The first-order valence-corrected chi connectivity index (χ1v) is 6.10. The van der Waals surface area contributed by atoms with Crippen LogP contribution in [0.15, 0.2) is 30.3 Å². The largest absolute Gasteiger partial charge is 0.381 e. The summed E-state index contributed by atoms with van der Waals surface area (Å²) in [6.45, 7) is 4.67. The Morgan fingerprint density at radius 1 is 1.44 bits per heavy atom. The molecule has 1 saturated heterocycles. The molecule has 0 unspecified atom stereocenters. The van der Waals surface area contributed by atoms with Gasteiger partial charge in [0.05, 0.1) is 13.2 Å². The Morgan fingerprint density at radius 2 is 2.17 bits per heavy atom. The molecule has 1 aliphatic rings. The summed E-state index contributed by atoms with van der Waals surface area (Å²) < 4.78 is 11.1. The standard InChI is InChI=1S/C15H18O3/c1-12(16)8-9-15(2)14(18-15)11-17-10-13-6-4-3-5-7-13/h3-7,12,14,16H,10-11H2,1-2H3/t12-,14+,15-/m0/s1. The minimum Gasteiger partial charge on any atom is -0.381 e. The topological polar surface area (TPSA) is 42.0 Å². The second-order valence-electron chi connectivity index (χ2n) is 4.66. The molecule has 1 aliphatic heterocycles. The van der Waals surface area contributed by atoms with Crippen LogP contribution < -0.4 is 0 Å². The summed E-state index contributed by atoms with van der Waals surface area (Å²) in [5.74, 6) is 5.64. The lowest BCUT2D eigenvalue weighted by molar-refractivity contribution is 0.104. The molecule has 0 aliphatic carbocycles. The van der Waals surface area contributed by atoms with Crippen LogP contribution in [-0.2, 0) is 16.1 Å². The predicted octanol–water partition coefficient (Wildman–Crippen LogP) is 1.74. The van der Waals surface area contributed by atoms with E-state index in [0.717, 1.165) is 5.56 Å². The fourth-order valence-electron chi connectivity index (χ4n) is 1.67. The fraction of sp³-hybridized carbons (Fsp3) is 0.467. The van der Waals surface area contributed by atoms with E-state index in [-0.39, 0.29) is 6.10 Å². The summed E-state index contributed by atoms with van der Waals surface area (Å²) in [5.41, 5.74) is 0.697. The van der Waals surface area contributed by atoms with Crippen LogP contribution in [0.5, 0.6) is 0 Å². The Kier molecular flexibility index (Phi) is 4.03. The Hall–Kier alpha value is -1.34. The molecule has 1 aromatic carbocycles. The van der Waals surface area contributed by atoms with Gasteiger partial charge in [0.1, 0.15) is 12.2 Å². The van der Waals surface area contributed by atoms with Crippen LogP contribution in [-0.4, -0.2) is 29.5 Å². The average Bonchev–Trinajstić information content (AvgIpc) is 3.00.